The van der Waals surface area contributed by atoms with Crippen LogP contribution in [0.15, 0.2) is 41.8 Å². The zero-order valence-electron chi connectivity index (χ0n) is 11.6. The van der Waals surface area contributed by atoms with Gasteiger partial charge in [-0.2, -0.15) is 0 Å². The Morgan fingerprint density at radius 1 is 1.26 bits per heavy atom. The molecule has 3 aromatic rings. The molecule has 116 valence electrons. The van der Waals surface area contributed by atoms with Gasteiger partial charge in [0.1, 0.15) is 5.01 Å². The van der Waals surface area contributed by atoms with Crippen LogP contribution in [-0.2, 0) is 11.2 Å². The van der Waals surface area contributed by atoms with Crippen molar-refractivity contribution in [3.8, 4) is 10.6 Å². The van der Waals surface area contributed by atoms with Gasteiger partial charge in [0.05, 0.1) is 11.3 Å². The maximum atomic E-state index is 11.9. The lowest BCUT2D eigenvalue weighted by Crippen LogP contribution is -2.13. The highest BCUT2D eigenvalue weighted by atomic mass is 32.1. The highest BCUT2D eigenvalue weighted by Gasteiger charge is 2.13. The Morgan fingerprint density at radius 2 is 2.13 bits per heavy atom. The Morgan fingerprint density at radius 3 is 2.87 bits per heavy atom. The van der Waals surface area contributed by atoms with Gasteiger partial charge in [0.25, 0.3) is 5.69 Å². The largest absolute Gasteiger partial charge is 0.300 e. The van der Waals surface area contributed by atoms with Crippen LogP contribution in [0.4, 0.5) is 10.8 Å². The summed E-state index contributed by atoms with van der Waals surface area (Å²) in [7, 11) is 0. The summed E-state index contributed by atoms with van der Waals surface area (Å²) in [6, 6.07) is 9.91. The molecule has 0 aliphatic carbocycles. The van der Waals surface area contributed by atoms with Gasteiger partial charge >= 0.3 is 0 Å². The molecule has 0 aliphatic heterocycles. The van der Waals surface area contributed by atoms with Gasteiger partial charge in [-0.1, -0.05) is 29.5 Å². The summed E-state index contributed by atoms with van der Waals surface area (Å²) in [5, 5.41) is 24.2. The summed E-state index contributed by atoms with van der Waals surface area (Å²) in [5.74, 6) is -0.172. The molecule has 2 heterocycles. The van der Waals surface area contributed by atoms with Crippen LogP contribution >= 0.6 is 22.7 Å². The number of anilines is 1. The molecule has 0 bridgehead atoms. The minimum Gasteiger partial charge on any atom is -0.300 e. The number of nitrogens with zero attached hydrogens (tertiary/aromatic N) is 3. The van der Waals surface area contributed by atoms with Crippen LogP contribution in [0.1, 0.15) is 4.88 Å². The van der Waals surface area contributed by atoms with Crippen LogP contribution < -0.4 is 5.32 Å². The summed E-state index contributed by atoms with van der Waals surface area (Å²) in [6.07, 6.45) is 0.281. The number of amides is 1. The Bertz CT molecular complexity index is 845. The van der Waals surface area contributed by atoms with Crippen molar-refractivity contribution in [1.82, 2.24) is 10.2 Å². The van der Waals surface area contributed by atoms with E-state index in [1.54, 1.807) is 12.1 Å². The molecule has 0 spiro atoms. The van der Waals surface area contributed by atoms with Crippen molar-refractivity contribution in [2.45, 2.75) is 6.42 Å². The number of carbonyl (C=O) groups excluding carboxylic acids is 1. The fourth-order valence-corrected chi connectivity index (χ4v) is 3.34. The lowest BCUT2D eigenvalue weighted by molar-refractivity contribution is -0.384. The van der Waals surface area contributed by atoms with Gasteiger partial charge < -0.3 is 5.32 Å². The zero-order valence-corrected chi connectivity index (χ0v) is 13.3. The normalized spacial score (nSPS) is 10.4. The predicted octanol–water partition coefficient (Wildman–Crippen LogP) is 3.36. The van der Waals surface area contributed by atoms with Crippen molar-refractivity contribution in [3.05, 3.63) is 56.8 Å². The molecular formula is C14H10N4O3S2. The second kappa shape index (κ2) is 6.63. The molecule has 1 aromatic carbocycles. The lowest BCUT2D eigenvalue weighted by Gasteiger charge is -1.98. The maximum absolute atomic E-state index is 11.9. The average Bonchev–Trinajstić information content (AvgIpc) is 3.19. The topological polar surface area (TPSA) is 98.0 Å². The van der Waals surface area contributed by atoms with Crippen molar-refractivity contribution < 1.29 is 9.72 Å². The van der Waals surface area contributed by atoms with E-state index in [1.165, 1.54) is 34.8 Å². The standard InChI is InChI=1S/C14H10N4O3S2/c19-12(8-11-5-2-6-22-11)15-14-17-16-13(23-14)9-3-1-4-10(7-9)18(20)21/h1-7H,8H2,(H,15,17,19). The summed E-state index contributed by atoms with van der Waals surface area (Å²) < 4.78 is 0. The number of benzene rings is 1. The zero-order chi connectivity index (χ0) is 16.2. The molecule has 0 unspecified atom stereocenters. The number of hydrogen-bond acceptors (Lipinski definition) is 7. The van der Waals surface area contributed by atoms with Crippen LogP contribution in [0.2, 0.25) is 0 Å². The first-order valence-electron chi connectivity index (χ1n) is 6.52. The van der Waals surface area contributed by atoms with Gasteiger partial charge in [0.15, 0.2) is 0 Å². The smallest absolute Gasteiger partial charge is 0.270 e. The highest BCUT2D eigenvalue weighted by molar-refractivity contribution is 7.18. The minimum atomic E-state index is -0.464. The number of rotatable bonds is 5. The number of carbonyl (C=O) groups is 1. The van der Waals surface area contributed by atoms with Gasteiger partial charge in [0, 0.05) is 22.6 Å². The lowest BCUT2D eigenvalue weighted by atomic mass is 10.2. The van der Waals surface area contributed by atoms with E-state index in [9.17, 15) is 14.9 Å². The Kier molecular flexibility index (Phi) is 4.40. The quantitative estimate of drug-likeness (QED) is 0.564. The molecule has 0 saturated heterocycles. The number of nitro groups is 1. The number of hydrogen-bond donors (Lipinski definition) is 1. The van der Waals surface area contributed by atoms with Crippen LogP contribution in [0.3, 0.4) is 0 Å². The van der Waals surface area contributed by atoms with E-state index in [0.29, 0.717) is 15.7 Å². The molecule has 23 heavy (non-hydrogen) atoms. The first-order chi connectivity index (χ1) is 11.1. The van der Waals surface area contributed by atoms with E-state index in [1.807, 2.05) is 17.5 Å². The van der Waals surface area contributed by atoms with Crippen molar-refractivity contribution in [2.75, 3.05) is 5.32 Å². The van der Waals surface area contributed by atoms with Gasteiger partial charge in [-0.25, -0.2) is 0 Å². The van der Waals surface area contributed by atoms with Crippen molar-refractivity contribution in [2.24, 2.45) is 0 Å². The molecule has 0 atom stereocenters. The highest BCUT2D eigenvalue weighted by Crippen LogP contribution is 2.28. The van der Waals surface area contributed by atoms with Crippen molar-refractivity contribution >= 4 is 39.4 Å². The summed E-state index contributed by atoms with van der Waals surface area (Å²) in [6.45, 7) is 0. The third-order valence-electron chi connectivity index (χ3n) is 2.89. The molecule has 2 aromatic heterocycles. The second-order valence-corrected chi connectivity index (χ2v) is 6.53. The fourth-order valence-electron chi connectivity index (χ4n) is 1.88. The molecule has 9 heteroatoms. The van der Waals surface area contributed by atoms with Gasteiger partial charge in [-0.3, -0.25) is 14.9 Å². The number of nitro benzene ring substituents is 1. The van der Waals surface area contributed by atoms with Crippen molar-refractivity contribution in [1.29, 1.82) is 0 Å². The van der Waals surface area contributed by atoms with E-state index in [4.69, 9.17) is 0 Å². The SMILES string of the molecule is O=C(Cc1cccs1)Nc1nnc(-c2cccc([N+](=O)[O-])c2)s1. The van der Waals surface area contributed by atoms with E-state index in [-0.39, 0.29) is 18.0 Å². The number of non-ortho nitro benzene ring substituents is 1. The molecule has 0 fully saturated rings. The number of thiophene rings is 1. The van der Waals surface area contributed by atoms with Crippen molar-refractivity contribution in [3.63, 3.8) is 0 Å². The Balaban J connectivity index is 1.71. The summed E-state index contributed by atoms with van der Waals surface area (Å²) in [4.78, 5) is 23.2. The van der Waals surface area contributed by atoms with Gasteiger partial charge in [0.2, 0.25) is 11.0 Å². The van der Waals surface area contributed by atoms with Crippen LogP contribution in [0, 0.1) is 10.1 Å². The Hall–Kier alpha value is -2.65. The number of aromatic nitrogens is 2. The molecule has 0 radical (unpaired) electrons. The van der Waals surface area contributed by atoms with Crippen LogP contribution in [-0.4, -0.2) is 21.0 Å². The molecule has 7 nitrogen and oxygen atoms in total. The second-order valence-electron chi connectivity index (χ2n) is 4.52. The minimum absolute atomic E-state index is 0.0130. The van der Waals surface area contributed by atoms with Crippen LogP contribution in [0.5, 0.6) is 0 Å². The van der Waals surface area contributed by atoms with E-state index >= 15 is 0 Å². The average molecular weight is 346 g/mol. The molecular weight excluding hydrogens is 336 g/mol. The third kappa shape index (κ3) is 3.76. The predicted molar refractivity (Wildman–Crippen MR) is 88.7 cm³/mol. The monoisotopic (exact) mass is 346 g/mol. The van der Waals surface area contributed by atoms with Gasteiger partial charge in [-0.05, 0) is 11.4 Å². The first kappa shape index (κ1) is 15.3. The van der Waals surface area contributed by atoms with E-state index in [0.717, 1.165) is 4.88 Å². The molecule has 0 aliphatic rings. The Labute approximate surface area is 138 Å². The maximum Gasteiger partial charge on any atom is 0.270 e. The fraction of sp³-hybridized carbons (Fsp3) is 0.0714. The summed E-state index contributed by atoms with van der Waals surface area (Å²) >= 11 is 2.68. The third-order valence-corrected chi connectivity index (χ3v) is 4.65. The van der Waals surface area contributed by atoms with E-state index in [2.05, 4.69) is 15.5 Å². The first-order valence-corrected chi connectivity index (χ1v) is 8.22. The summed E-state index contributed by atoms with van der Waals surface area (Å²) in [5.41, 5.74) is 0.580. The van der Waals surface area contributed by atoms with E-state index < -0.39 is 4.92 Å². The van der Waals surface area contributed by atoms with Crippen LogP contribution in [0.25, 0.3) is 10.6 Å². The molecule has 1 N–H and O–H groups in total. The van der Waals surface area contributed by atoms with Gasteiger partial charge in [-0.15, -0.1) is 21.5 Å². The molecule has 3 rings (SSSR count). The molecule has 0 saturated carbocycles. The molecule has 1 amide bonds. The number of nitrogens with one attached hydrogen (secondary N) is 1.